The third-order valence-corrected chi connectivity index (χ3v) is 3.35. The first-order chi connectivity index (χ1) is 8.58. The monoisotopic (exact) mass is 324 g/mol. The van der Waals surface area contributed by atoms with Crippen LogP contribution in [-0.2, 0) is 6.54 Å². The van der Waals surface area contributed by atoms with E-state index in [9.17, 15) is 0 Å². The summed E-state index contributed by atoms with van der Waals surface area (Å²) in [7, 11) is 2.00. The summed E-state index contributed by atoms with van der Waals surface area (Å²) in [6, 6.07) is 7.81. The summed E-state index contributed by atoms with van der Waals surface area (Å²) in [4.78, 5) is 2.49. The van der Waals surface area contributed by atoms with Crippen LogP contribution in [-0.4, -0.2) is 12.0 Å². The third-order valence-electron chi connectivity index (χ3n) is 2.64. The first kappa shape index (κ1) is 13.1. The van der Waals surface area contributed by atoms with Gasteiger partial charge in [0.1, 0.15) is 4.99 Å². The Balaban J connectivity index is 2.31. The number of hydrogen-bond acceptors (Lipinski definition) is 3. The maximum Gasteiger partial charge on any atom is 0.106 e. The Bertz CT molecular complexity index is 554. The van der Waals surface area contributed by atoms with Crippen LogP contribution >= 0.6 is 28.1 Å². The first-order valence-corrected chi connectivity index (χ1v) is 6.59. The largest absolute Gasteiger partial charge is 0.472 e. The molecule has 1 aromatic heterocycles. The van der Waals surface area contributed by atoms with Crippen molar-refractivity contribution >= 4 is 38.8 Å². The molecule has 0 bridgehead atoms. The van der Waals surface area contributed by atoms with E-state index in [4.69, 9.17) is 22.4 Å². The molecule has 0 aliphatic rings. The minimum Gasteiger partial charge on any atom is -0.472 e. The van der Waals surface area contributed by atoms with E-state index in [2.05, 4.69) is 20.8 Å². The van der Waals surface area contributed by atoms with Gasteiger partial charge in [0.25, 0.3) is 0 Å². The van der Waals surface area contributed by atoms with Crippen molar-refractivity contribution in [1.82, 2.24) is 0 Å². The van der Waals surface area contributed by atoms with Crippen molar-refractivity contribution in [2.45, 2.75) is 6.54 Å². The van der Waals surface area contributed by atoms with Gasteiger partial charge < -0.3 is 15.1 Å². The molecule has 2 rings (SSSR count). The molecule has 0 atom stereocenters. The van der Waals surface area contributed by atoms with Gasteiger partial charge in [0, 0.05) is 34.9 Å². The number of halogens is 1. The number of rotatable bonds is 4. The molecule has 0 saturated carbocycles. The van der Waals surface area contributed by atoms with Gasteiger partial charge in [0.15, 0.2) is 0 Å². The number of hydrogen-bond donors (Lipinski definition) is 1. The number of thiocarbonyl (C=S) groups is 1. The van der Waals surface area contributed by atoms with Crippen LogP contribution in [0.3, 0.4) is 0 Å². The molecule has 0 saturated heterocycles. The molecule has 2 N–H and O–H groups in total. The zero-order chi connectivity index (χ0) is 13.1. The van der Waals surface area contributed by atoms with Gasteiger partial charge >= 0.3 is 0 Å². The molecule has 0 aliphatic carbocycles. The smallest absolute Gasteiger partial charge is 0.106 e. The Morgan fingerprint density at radius 1 is 1.44 bits per heavy atom. The minimum atomic E-state index is 0.400. The Kier molecular flexibility index (Phi) is 4.04. The van der Waals surface area contributed by atoms with E-state index in [-0.39, 0.29) is 0 Å². The van der Waals surface area contributed by atoms with Crippen molar-refractivity contribution in [3.05, 3.63) is 52.4 Å². The summed E-state index contributed by atoms with van der Waals surface area (Å²) >= 11 is 8.54. The SMILES string of the molecule is CN(Cc1ccoc1)c1cc(Br)ccc1C(N)=S. The van der Waals surface area contributed by atoms with Crippen molar-refractivity contribution in [1.29, 1.82) is 0 Å². The molecule has 0 amide bonds. The fraction of sp³-hybridized carbons (Fsp3) is 0.154. The predicted molar refractivity (Wildman–Crippen MR) is 80.8 cm³/mol. The Labute approximate surface area is 120 Å². The second-order valence-corrected chi connectivity index (χ2v) is 5.37. The highest BCUT2D eigenvalue weighted by Crippen LogP contribution is 2.25. The molecule has 18 heavy (non-hydrogen) atoms. The van der Waals surface area contributed by atoms with Crippen molar-refractivity contribution in [3.63, 3.8) is 0 Å². The number of nitrogens with two attached hydrogens (primary N) is 1. The minimum absolute atomic E-state index is 0.400. The number of furan rings is 1. The van der Waals surface area contributed by atoms with Crippen LogP contribution in [0.4, 0.5) is 5.69 Å². The normalized spacial score (nSPS) is 10.3. The quantitative estimate of drug-likeness (QED) is 0.876. The molecule has 1 aromatic carbocycles. The lowest BCUT2D eigenvalue weighted by Gasteiger charge is -2.21. The summed E-state index contributed by atoms with van der Waals surface area (Å²) in [5.41, 5.74) is 8.72. The topological polar surface area (TPSA) is 42.4 Å². The molecule has 5 heteroatoms. The molecule has 2 aromatic rings. The van der Waals surface area contributed by atoms with Crippen molar-refractivity contribution in [2.24, 2.45) is 5.73 Å². The van der Waals surface area contributed by atoms with Crippen LogP contribution in [0.5, 0.6) is 0 Å². The summed E-state index contributed by atoms with van der Waals surface area (Å²) in [5, 5.41) is 0. The first-order valence-electron chi connectivity index (χ1n) is 5.39. The summed E-state index contributed by atoms with van der Waals surface area (Å²) in [5.74, 6) is 0. The number of nitrogens with zero attached hydrogens (tertiary/aromatic N) is 1. The van der Waals surface area contributed by atoms with E-state index in [1.54, 1.807) is 12.5 Å². The zero-order valence-electron chi connectivity index (χ0n) is 9.89. The van der Waals surface area contributed by atoms with E-state index in [1.165, 1.54) is 0 Å². The van der Waals surface area contributed by atoms with E-state index in [1.807, 2.05) is 31.3 Å². The van der Waals surface area contributed by atoms with Crippen LogP contribution in [0.2, 0.25) is 0 Å². The number of benzene rings is 1. The van der Waals surface area contributed by atoms with Gasteiger partial charge in [-0.15, -0.1) is 0 Å². The summed E-state index contributed by atoms with van der Waals surface area (Å²) in [6.45, 7) is 0.739. The lowest BCUT2D eigenvalue weighted by molar-refractivity contribution is 0.563. The fourth-order valence-corrected chi connectivity index (χ4v) is 2.29. The average molecular weight is 325 g/mol. The second kappa shape index (κ2) is 5.54. The summed E-state index contributed by atoms with van der Waals surface area (Å²) in [6.07, 6.45) is 3.40. The molecular weight excluding hydrogens is 312 g/mol. The van der Waals surface area contributed by atoms with E-state index >= 15 is 0 Å². The van der Waals surface area contributed by atoms with Gasteiger partial charge in [-0.25, -0.2) is 0 Å². The van der Waals surface area contributed by atoms with Gasteiger partial charge in [-0.2, -0.15) is 0 Å². The standard InChI is InChI=1S/C13H13BrN2OS/c1-16(7-9-4-5-17-8-9)12-6-10(14)2-3-11(12)13(15)18/h2-6,8H,7H2,1H3,(H2,15,18). The van der Waals surface area contributed by atoms with E-state index in [0.717, 1.165) is 27.8 Å². The summed E-state index contributed by atoms with van der Waals surface area (Å²) < 4.78 is 6.06. The highest BCUT2D eigenvalue weighted by atomic mass is 79.9. The fourth-order valence-electron chi connectivity index (χ4n) is 1.77. The Morgan fingerprint density at radius 3 is 2.83 bits per heavy atom. The highest BCUT2D eigenvalue weighted by Gasteiger charge is 2.11. The lowest BCUT2D eigenvalue weighted by atomic mass is 10.1. The maximum atomic E-state index is 5.75. The maximum absolute atomic E-state index is 5.75. The van der Waals surface area contributed by atoms with Crippen LogP contribution in [0, 0.1) is 0 Å². The molecular formula is C13H13BrN2OS. The van der Waals surface area contributed by atoms with Crippen LogP contribution in [0.15, 0.2) is 45.7 Å². The predicted octanol–water partition coefficient (Wildman–Crippen LogP) is 3.31. The molecule has 0 aliphatic heterocycles. The van der Waals surface area contributed by atoms with Crippen LogP contribution in [0.25, 0.3) is 0 Å². The van der Waals surface area contributed by atoms with Gasteiger partial charge in [-0.05, 0) is 24.3 Å². The van der Waals surface area contributed by atoms with Crippen molar-refractivity contribution < 1.29 is 4.42 Å². The molecule has 0 spiro atoms. The van der Waals surface area contributed by atoms with Crippen molar-refractivity contribution in [2.75, 3.05) is 11.9 Å². The van der Waals surface area contributed by atoms with Gasteiger partial charge in [0.2, 0.25) is 0 Å². The van der Waals surface area contributed by atoms with E-state index < -0.39 is 0 Å². The second-order valence-electron chi connectivity index (χ2n) is 4.01. The van der Waals surface area contributed by atoms with Crippen molar-refractivity contribution in [3.8, 4) is 0 Å². The third kappa shape index (κ3) is 2.91. The Morgan fingerprint density at radius 2 is 2.22 bits per heavy atom. The molecule has 3 nitrogen and oxygen atoms in total. The Hall–Kier alpha value is -1.33. The van der Waals surface area contributed by atoms with Crippen LogP contribution in [0.1, 0.15) is 11.1 Å². The molecule has 0 radical (unpaired) electrons. The van der Waals surface area contributed by atoms with Gasteiger partial charge in [-0.3, -0.25) is 0 Å². The molecule has 1 heterocycles. The van der Waals surface area contributed by atoms with Crippen LogP contribution < -0.4 is 10.6 Å². The van der Waals surface area contributed by atoms with Gasteiger partial charge in [-0.1, -0.05) is 28.1 Å². The van der Waals surface area contributed by atoms with Gasteiger partial charge in [0.05, 0.1) is 12.5 Å². The lowest BCUT2D eigenvalue weighted by Crippen LogP contribution is -2.21. The average Bonchev–Trinajstić information content (AvgIpc) is 2.81. The van der Waals surface area contributed by atoms with E-state index in [0.29, 0.717) is 4.99 Å². The zero-order valence-corrected chi connectivity index (χ0v) is 12.3. The molecule has 0 fully saturated rings. The highest BCUT2D eigenvalue weighted by molar-refractivity contribution is 9.10. The molecule has 0 unspecified atom stereocenters. The number of anilines is 1. The molecule has 94 valence electrons.